The van der Waals surface area contributed by atoms with Crippen LogP contribution in [0, 0.1) is 11.3 Å². The Bertz CT molecular complexity index is 791. The van der Waals surface area contributed by atoms with Crippen LogP contribution in [-0.2, 0) is 16.0 Å². The smallest absolute Gasteiger partial charge is 0.238 e. The molecule has 0 aromatic heterocycles. The van der Waals surface area contributed by atoms with Crippen LogP contribution in [0.3, 0.4) is 0 Å². The number of carbonyl (C=O) groups excluding carboxylic acids is 2. The number of methoxy groups -OCH3 is 1. The molecule has 4 rings (SSSR count). The standard InChI is InChI=1S/C21H23NO4/c1-25-17-10-9-14(12-18(17)26-15-6-2-3-7-15)13-21-11-5-4-8-16(21)19(23)22-20(21)24/h4-5,8-12,15-16H,2-3,6-7,13H2,1H3,(H,22,23,24). The largest absolute Gasteiger partial charge is 0.493 e. The molecule has 1 N–H and O–H groups in total. The lowest BCUT2D eigenvalue weighted by atomic mass is 9.70. The van der Waals surface area contributed by atoms with Crippen LogP contribution < -0.4 is 14.8 Å². The zero-order valence-electron chi connectivity index (χ0n) is 14.9. The summed E-state index contributed by atoms with van der Waals surface area (Å²) in [5.74, 6) is 0.487. The monoisotopic (exact) mass is 353 g/mol. The minimum absolute atomic E-state index is 0.221. The second kappa shape index (κ2) is 6.63. The van der Waals surface area contributed by atoms with E-state index in [0.717, 1.165) is 18.4 Å². The highest BCUT2D eigenvalue weighted by Crippen LogP contribution is 2.42. The van der Waals surface area contributed by atoms with Gasteiger partial charge in [-0.25, -0.2) is 0 Å². The van der Waals surface area contributed by atoms with Gasteiger partial charge in [0.1, 0.15) is 0 Å². The molecule has 3 aliphatic rings. The van der Waals surface area contributed by atoms with Crippen molar-refractivity contribution in [3.8, 4) is 11.5 Å². The first kappa shape index (κ1) is 16.9. The van der Waals surface area contributed by atoms with Crippen LogP contribution in [0.1, 0.15) is 31.2 Å². The molecular formula is C21H23NO4. The first-order valence-electron chi connectivity index (χ1n) is 9.17. The van der Waals surface area contributed by atoms with Gasteiger partial charge >= 0.3 is 0 Å². The van der Waals surface area contributed by atoms with E-state index in [1.807, 2.05) is 36.4 Å². The Hall–Kier alpha value is -2.56. The fourth-order valence-electron chi connectivity index (χ4n) is 4.22. The topological polar surface area (TPSA) is 64.6 Å². The summed E-state index contributed by atoms with van der Waals surface area (Å²) in [5.41, 5.74) is 0.0963. The van der Waals surface area contributed by atoms with E-state index in [1.54, 1.807) is 13.2 Å². The van der Waals surface area contributed by atoms with Crippen molar-refractivity contribution in [1.82, 2.24) is 5.32 Å². The van der Waals surface area contributed by atoms with Crippen molar-refractivity contribution in [3.63, 3.8) is 0 Å². The summed E-state index contributed by atoms with van der Waals surface area (Å²) in [4.78, 5) is 24.7. The van der Waals surface area contributed by atoms with Gasteiger partial charge in [0.2, 0.25) is 11.8 Å². The van der Waals surface area contributed by atoms with E-state index in [2.05, 4.69) is 5.32 Å². The minimum atomic E-state index is -0.856. The molecule has 136 valence electrons. The number of allylic oxidation sites excluding steroid dienone is 2. The van der Waals surface area contributed by atoms with Gasteiger partial charge in [-0.05, 0) is 49.8 Å². The third kappa shape index (κ3) is 2.81. The Labute approximate surface area is 153 Å². The first-order chi connectivity index (χ1) is 12.6. The molecule has 2 unspecified atom stereocenters. The maximum absolute atomic E-state index is 12.6. The zero-order valence-corrected chi connectivity index (χ0v) is 14.9. The number of imide groups is 1. The van der Waals surface area contributed by atoms with Crippen LogP contribution in [0.15, 0.2) is 42.5 Å². The maximum Gasteiger partial charge on any atom is 0.238 e. The summed E-state index contributed by atoms with van der Waals surface area (Å²) in [7, 11) is 1.63. The van der Waals surface area contributed by atoms with E-state index < -0.39 is 11.3 Å². The van der Waals surface area contributed by atoms with E-state index in [4.69, 9.17) is 9.47 Å². The molecule has 2 atom stereocenters. The van der Waals surface area contributed by atoms with Crippen molar-refractivity contribution in [1.29, 1.82) is 0 Å². The first-order valence-corrected chi connectivity index (χ1v) is 9.17. The fraction of sp³-hybridized carbons (Fsp3) is 0.429. The molecule has 26 heavy (non-hydrogen) atoms. The van der Waals surface area contributed by atoms with Gasteiger partial charge in [0, 0.05) is 0 Å². The van der Waals surface area contributed by atoms with Crippen molar-refractivity contribution >= 4 is 11.8 Å². The summed E-state index contributed by atoms with van der Waals surface area (Å²) >= 11 is 0. The summed E-state index contributed by atoms with van der Waals surface area (Å²) in [5, 5.41) is 2.48. The van der Waals surface area contributed by atoms with Crippen LogP contribution in [0.5, 0.6) is 11.5 Å². The van der Waals surface area contributed by atoms with Gasteiger partial charge in [-0.1, -0.05) is 30.4 Å². The average Bonchev–Trinajstić information content (AvgIpc) is 3.23. The maximum atomic E-state index is 12.6. The molecular weight excluding hydrogens is 330 g/mol. The normalized spacial score (nSPS) is 27.5. The third-order valence-corrected chi connectivity index (χ3v) is 5.63. The molecule has 2 aliphatic carbocycles. The molecule has 0 radical (unpaired) electrons. The van der Waals surface area contributed by atoms with Gasteiger partial charge in [0.25, 0.3) is 0 Å². The lowest BCUT2D eigenvalue weighted by Gasteiger charge is -2.28. The molecule has 1 saturated heterocycles. The van der Waals surface area contributed by atoms with Gasteiger partial charge in [0.15, 0.2) is 11.5 Å². The summed E-state index contributed by atoms with van der Waals surface area (Å²) < 4.78 is 11.6. The van der Waals surface area contributed by atoms with E-state index in [1.165, 1.54) is 12.8 Å². The van der Waals surface area contributed by atoms with Gasteiger partial charge < -0.3 is 9.47 Å². The molecule has 1 heterocycles. The number of hydrogen-bond acceptors (Lipinski definition) is 4. The molecule has 0 spiro atoms. The van der Waals surface area contributed by atoms with Gasteiger partial charge in [0.05, 0.1) is 24.5 Å². The van der Waals surface area contributed by atoms with Crippen molar-refractivity contribution in [2.45, 2.75) is 38.2 Å². The Morgan fingerprint density at radius 3 is 2.73 bits per heavy atom. The van der Waals surface area contributed by atoms with Crippen molar-refractivity contribution in [3.05, 3.63) is 48.1 Å². The highest BCUT2D eigenvalue weighted by atomic mass is 16.5. The Kier molecular flexibility index (Phi) is 4.31. The molecule has 1 aliphatic heterocycles. The highest BCUT2D eigenvalue weighted by Gasteiger charge is 2.53. The van der Waals surface area contributed by atoms with E-state index in [0.29, 0.717) is 17.9 Å². The summed E-state index contributed by atoms with van der Waals surface area (Å²) in [6.45, 7) is 0. The quantitative estimate of drug-likeness (QED) is 0.827. The number of benzene rings is 1. The second-order valence-corrected chi connectivity index (χ2v) is 7.27. The number of amides is 2. The molecule has 2 fully saturated rings. The molecule has 1 saturated carbocycles. The van der Waals surface area contributed by atoms with Crippen molar-refractivity contribution in [2.75, 3.05) is 7.11 Å². The summed E-state index contributed by atoms with van der Waals surface area (Å²) in [6.07, 6.45) is 12.5. The van der Waals surface area contributed by atoms with Crippen molar-refractivity contribution < 1.29 is 19.1 Å². The van der Waals surface area contributed by atoms with Gasteiger partial charge in [-0.2, -0.15) is 0 Å². The Morgan fingerprint density at radius 1 is 1.15 bits per heavy atom. The number of hydrogen-bond donors (Lipinski definition) is 1. The van der Waals surface area contributed by atoms with Crippen LogP contribution in [0.2, 0.25) is 0 Å². The Morgan fingerprint density at radius 2 is 1.96 bits per heavy atom. The van der Waals surface area contributed by atoms with Gasteiger partial charge in [-0.3, -0.25) is 14.9 Å². The molecule has 1 aromatic rings. The number of fused-ring (bicyclic) bond motifs is 1. The van der Waals surface area contributed by atoms with E-state index in [-0.39, 0.29) is 17.9 Å². The Balaban J connectivity index is 1.63. The molecule has 0 bridgehead atoms. The SMILES string of the molecule is COc1ccc(CC23C=CC=CC2C(=O)NC3=O)cc1OC1CCCC1. The average molecular weight is 353 g/mol. The number of rotatable bonds is 5. The van der Waals surface area contributed by atoms with Crippen LogP contribution in [0.25, 0.3) is 0 Å². The molecule has 1 aromatic carbocycles. The second-order valence-electron chi connectivity index (χ2n) is 7.27. The van der Waals surface area contributed by atoms with Crippen LogP contribution in [-0.4, -0.2) is 25.0 Å². The lowest BCUT2D eigenvalue weighted by Crippen LogP contribution is -2.35. The molecule has 2 amide bonds. The number of nitrogens with one attached hydrogen (secondary N) is 1. The third-order valence-electron chi connectivity index (χ3n) is 5.63. The number of ether oxygens (including phenoxy) is 2. The summed E-state index contributed by atoms with van der Waals surface area (Å²) in [6, 6.07) is 5.77. The number of carbonyl (C=O) groups is 2. The highest BCUT2D eigenvalue weighted by molar-refractivity contribution is 6.09. The van der Waals surface area contributed by atoms with Crippen molar-refractivity contribution in [2.24, 2.45) is 11.3 Å². The minimum Gasteiger partial charge on any atom is -0.493 e. The van der Waals surface area contributed by atoms with Crippen LogP contribution >= 0.6 is 0 Å². The zero-order chi connectivity index (χ0) is 18.1. The molecule has 5 heteroatoms. The van der Waals surface area contributed by atoms with E-state index >= 15 is 0 Å². The van der Waals surface area contributed by atoms with Crippen LogP contribution in [0.4, 0.5) is 0 Å². The predicted octanol–water partition coefficient (Wildman–Crippen LogP) is 2.94. The van der Waals surface area contributed by atoms with E-state index in [9.17, 15) is 9.59 Å². The molecule has 5 nitrogen and oxygen atoms in total. The predicted molar refractivity (Wildman–Crippen MR) is 96.9 cm³/mol. The lowest BCUT2D eigenvalue weighted by molar-refractivity contribution is -0.127. The fourth-order valence-corrected chi connectivity index (χ4v) is 4.22. The van der Waals surface area contributed by atoms with Gasteiger partial charge in [-0.15, -0.1) is 0 Å².